The fourth-order valence-electron chi connectivity index (χ4n) is 1.65. The van der Waals surface area contributed by atoms with Gasteiger partial charge >= 0.3 is 0 Å². The monoisotopic (exact) mass is 295 g/mol. The Balaban J connectivity index is 2.43. The molecule has 2 aromatic rings. The minimum atomic E-state index is -0.379. The average molecular weight is 296 g/mol. The highest BCUT2D eigenvalue weighted by Gasteiger charge is 2.21. The summed E-state index contributed by atoms with van der Waals surface area (Å²) in [5.74, 6) is 0.593. The number of nitrogens with two attached hydrogens (primary N) is 1. The first kappa shape index (κ1) is 12.2. The third kappa shape index (κ3) is 2.37. The maximum absolute atomic E-state index is 6.18. The van der Waals surface area contributed by atoms with Crippen LogP contribution in [0.4, 0.5) is 0 Å². The summed E-state index contributed by atoms with van der Waals surface area (Å²) in [6.07, 6.45) is 5.12. The second-order valence-corrected chi connectivity index (χ2v) is 4.86. The molecule has 0 aliphatic carbocycles. The Morgan fingerprint density at radius 3 is 2.53 bits per heavy atom. The summed E-state index contributed by atoms with van der Waals surface area (Å²) < 4.78 is 2.76. The van der Waals surface area contributed by atoms with E-state index in [9.17, 15) is 0 Å². The molecule has 6 heteroatoms. The number of hydrogen-bond donors (Lipinski definition) is 1. The standard InChI is InChI=1S/C11H14BrN5/c1-7(2)17-10(8(12)6-16-17)9(13)11-14-4-3-5-15-11/h3-7,9H,13H2,1-2H3. The number of nitrogens with zero attached hydrogens (tertiary/aromatic N) is 4. The first-order chi connectivity index (χ1) is 8.11. The van der Waals surface area contributed by atoms with Gasteiger partial charge in [0.05, 0.1) is 16.4 Å². The van der Waals surface area contributed by atoms with E-state index in [4.69, 9.17) is 5.73 Å². The van der Waals surface area contributed by atoms with Gasteiger partial charge in [-0.15, -0.1) is 0 Å². The summed E-state index contributed by atoms with van der Waals surface area (Å²) in [4.78, 5) is 8.36. The van der Waals surface area contributed by atoms with Gasteiger partial charge in [0, 0.05) is 18.4 Å². The molecule has 0 aromatic carbocycles. The second-order valence-electron chi connectivity index (χ2n) is 4.00. The summed E-state index contributed by atoms with van der Waals surface area (Å²) in [5, 5.41) is 4.30. The fraction of sp³-hybridized carbons (Fsp3) is 0.364. The summed E-state index contributed by atoms with van der Waals surface area (Å²) in [7, 11) is 0. The SMILES string of the molecule is CC(C)n1ncc(Br)c1C(N)c1ncccn1. The van der Waals surface area contributed by atoms with Crippen LogP contribution in [-0.4, -0.2) is 19.7 Å². The summed E-state index contributed by atoms with van der Waals surface area (Å²) in [6.45, 7) is 4.11. The number of halogens is 1. The Labute approximate surface area is 108 Å². The predicted molar refractivity (Wildman–Crippen MR) is 68.4 cm³/mol. The number of hydrogen-bond acceptors (Lipinski definition) is 4. The van der Waals surface area contributed by atoms with Crippen LogP contribution in [0.5, 0.6) is 0 Å². The van der Waals surface area contributed by atoms with Crippen LogP contribution in [-0.2, 0) is 0 Å². The maximum Gasteiger partial charge on any atom is 0.151 e. The third-order valence-corrected chi connectivity index (χ3v) is 3.05. The highest BCUT2D eigenvalue weighted by atomic mass is 79.9. The normalized spacial score (nSPS) is 13.0. The third-order valence-electron chi connectivity index (χ3n) is 2.43. The molecule has 17 heavy (non-hydrogen) atoms. The zero-order valence-electron chi connectivity index (χ0n) is 9.71. The van der Waals surface area contributed by atoms with E-state index in [1.165, 1.54) is 0 Å². The van der Waals surface area contributed by atoms with Crippen molar-refractivity contribution in [3.05, 3.63) is 40.6 Å². The van der Waals surface area contributed by atoms with Gasteiger partial charge in [-0.25, -0.2) is 9.97 Å². The van der Waals surface area contributed by atoms with Crippen molar-refractivity contribution in [2.45, 2.75) is 25.9 Å². The lowest BCUT2D eigenvalue weighted by atomic mass is 10.2. The van der Waals surface area contributed by atoms with Gasteiger partial charge in [-0.2, -0.15) is 5.10 Å². The molecule has 0 saturated carbocycles. The molecule has 2 N–H and O–H groups in total. The molecule has 0 aliphatic heterocycles. The summed E-state index contributed by atoms with van der Waals surface area (Å²) in [6, 6.07) is 1.63. The second kappa shape index (κ2) is 4.93. The molecular formula is C11H14BrN5. The molecule has 0 bridgehead atoms. The van der Waals surface area contributed by atoms with Crippen LogP contribution in [0.2, 0.25) is 0 Å². The predicted octanol–water partition coefficient (Wildman–Crippen LogP) is 2.06. The van der Waals surface area contributed by atoms with E-state index >= 15 is 0 Å². The van der Waals surface area contributed by atoms with E-state index in [2.05, 4.69) is 44.8 Å². The molecule has 1 atom stereocenters. The Kier molecular flexibility index (Phi) is 3.54. The Morgan fingerprint density at radius 1 is 1.29 bits per heavy atom. The van der Waals surface area contributed by atoms with Crippen molar-refractivity contribution in [1.29, 1.82) is 0 Å². The molecule has 0 aliphatic rings. The Hall–Kier alpha value is -1.27. The molecule has 0 fully saturated rings. The van der Waals surface area contributed by atoms with E-state index in [0.717, 1.165) is 10.2 Å². The molecule has 5 nitrogen and oxygen atoms in total. The maximum atomic E-state index is 6.18. The highest BCUT2D eigenvalue weighted by Crippen LogP contribution is 2.26. The van der Waals surface area contributed by atoms with Crippen molar-refractivity contribution in [2.75, 3.05) is 0 Å². The molecule has 2 rings (SSSR count). The zero-order valence-corrected chi connectivity index (χ0v) is 11.3. The molecular weight excluding hydrogens is 282 g/mol. The first-order valence-corrected chi connectivity index (χ1v) is 6.16. The van der Waals surface area contributed by atoms with E-state index in [0.29, 0.717) is 5.82 Å². The molecule has 90 valence electrons. The smallest absolute Gasteiger partial charge is 0.151 e. The average Bonchev–Trinajstić information content (AvgIpc) is 2.71. The minimum absolute atomic E-state index is 0.242. The summed E-state index contributed by atoms with van der Waals surface area (Å²) >= 11 is 3.46. The van der Waals surface area contributed by atoms with Crippen LogP contribution >= 0.6 is 15.9 Å². The molecule has 0 saturated heterocycles. The van der Waals surface area contributed by atoms with Gasteiger partial charge in [-0.1, -0.05) is 0 Å². The van der Waals surface area contributed by atoms with Gasteiger partial charge in [0.2, 0.25) is 0 Å². The van der Waals surface area contributed by atoms with Crippen molar-refractivity contribution in [3.8, 4) is 0 Å². The Morgan fingerprint density at radius 2 is 1.94 bits per heavy atom. The van der Waals surface area contributed by atoms with Gasteiger partial charge in [0.25, 0.3) is 0 Å². The van der Waals surface area contributed by atoms with Gasteiger partial charge < -0.3 is 5.73 Å². The first-order valence-electron chi connectivity index (χ1n) is 5.36. The zero-order chi connectivity index (χ0) is 12.4. The molecule has 1 unspecified atom stereocenters. The quantitative estimate of drug-likeness (QED) is 0.941. The van der Waals surface area contributed by atoms with Crippen LogP contribution in [0.15, 0.2) is 29.1 Å². The van der Waals surface area contributed by atoms with Gasteiger partial charge in [0.1, 0.15) is 6.04 Å². The minimum Gasteiger partial charge on any atom is -0.316 e. The molecule has 0 spiro atoms. The van der Waals surface area contributed by atoms with Gasteiger partial charge in [-0.05, 0) is 35.8 Å². The highest BCUT2D eigenvalue weighted by molar-refractivity contribution is 9.10. The van der Waals surface area contributed by atoms with Crippen LogP contribution in [0.1, 0.15) is 37.4 Å². The van der Waals surface area contributed by atoms with E-state index in [-0.39, 0.29) is 12.1 Å². The lowest BCUT2D eigenvalue weighted by molar-refractivity contribution is 0.494. The molecule has 2 heterocycles. The topological polar surface area (TPSA) is 69.6 Å². The van der Waals surface area contributed by atoms with Crippen LogP contribution in [0, 0.1) is 0 Å². The van der Waals surface area contributed by atoms with Crippen molar-refractivity contribution in [2.24, 2.45) is 5.73 Å². The van der Waals surface area contributed by atoms with Crippen molar-refractivity contribution in [3.63, 3.8) is 0 Å². The largest absolute Gasteiger partial charge is 0.316 e. The van der Waals surface area contributed by atoms with Crippen LogP contribution in [0.25, 0.3) is 0 Å². The van der Waals surface area contributed by atoms with Crippen molar-refractivity contribution < 1.29 is 0 Å². The van der Waals surface area contributed by atoms with E-state index < -0.39 is 0 Å². The molecule has 0 amide bonds. The van der Waals surface area contributed by atoms with E-state index in [1.807, 2.05) is 4.68 Å². The lowest BCUT2D eigenvalue weighted by Gasteiger charge is -2.16. The number of rotatable bonds is 3. The lowest BCUT2D eigenvalue weighted by Crippen LogP contribution is -2.21. The Bertz CT molecular complexity index is 494. The van der Waals surface area contributed by atoms with E-state index in [1.54, 1.807) is 24.7 Å². The molecule has 2 aromatic heterocycles. The fourth-order valence-corrected chi connectivity index (χ4v) is 2.17. The summed E-state index contributed by atoms with van der Waals surface area (Å²) in [5.41, 5.74) is 7.08. The van der Waals surface area contributed by atoms with Crippen molar-refractivity contribution >= 4 is 15.9 Å². The number of aromatic nitrogens is 4. The van der Waals surface area contributed by atoms with Crippen LogP contribution < -0.4 is 5.73 Å². The van der Waals surface area contributed by atoms with Gasteiger partial charge in [0.15, 0.2) is 5.82 Å². The molecule has 0 radical (unpaired) electrons. The van der Waals surface area contributed by atoms with Gasteiger partial charge in [-0.3, -0.25) is 4.68 Å². The van der Waals surface area contributed by atoms with Crippen molar-refractivity contribution in [1.82, 2.24) is 19.7 Å². The van der Waals surface area contributed by atoms with Crippen LogP contribution in [0.3, 0.4) is 0 Å².